The molecule has 1 aromatic carbocycles. The Balaban J connectivity index is 1.95. The molecule has 0 aliphatic carbocycles. The molecule has 1 atom stereocenters. The van der Waals surface area contributed by atoms with Gasteiger partial charge in [-0.25, -0.2) is 0 Å². The predicted octanol–water partition coefficient (Wildman–Crippen LogP) is 2.72. The molecule has 0 aliphatic rings. The van der Waals surface area contributed by atoms with Crippen LogP contribution in [-0.4, -0.2) is 23.7 Å². The number of aliphatic hydroxyl groups is 1. The van der Waals surface area contributed by atoms with Gasteiger partial charge in [0, 0.05) is 17.4 Å². The Morgan fingerprint density at radius 3 is 2.85 bits per heavy atom. The molecule has 106 valence electrons. The van der Waals surface area contributed by atoms with Gasteiger partial charge in [-0.2, -0.15) is 11.3 Å². The monoisotopic (exact) mass is 290 g/mol. The summed E-state index contributed by atoms with van der Waals surface area (Å²) in [7, 11) is 0. The molecule has 1 unspecified atom stereocenters. The van der Waals surface area contributed by atoms with Gasteiger partial charge in [-0.05, 0) is 53.9 Å². The summed E-state index contributed by atoms with van der Waals surface area (Å²) in [5.74, 6) is -0.409. The maximum atomic E-state index is 11.1. The van der Waals surface area contributed by atoms with Gasteiger partial charge in [0.05, 0.1) is 0 Å². The van der Waals surface area contributed by atoms with Crippen molar-refractivity contribution in [2.24, 2.45) is 0 Å². The highest BCUT2D eigenvalue weighted by Gasteiger charge is 2.05. The smallest absolute Gasteiger partial charge is 0.250 e. The second-order valence-corrected chi connectivity index (χ2v) is 5.45. The number of amides is 1. The van der Waals surface area contributed by atoms with Gasteiger partial charge in [0.15, 0.2) is 0 Å². The topological polar surface area (TPSA) is 61.4 Å². The number of hydrogen-bond donors (Lipinski definition) is 3. The van der Waals surface area contributed by atoms with E-state index in [-0.39, 0.29) is 0 Å². The molecule has 0 spiro atoms. The van der Waals surface area contributed by atoms with Gasteiger partial charge in [0.2, 0.25) is 5.91 Å². The number of carbonyl (C=O) groups excluding carboxylic acids is 1. The third-order valence-corrected chi connectivity index (χ3v) is 3.56. The summed E-state index contributed by atoms with van der Waals surface area (Å²) in [4.78, 5) is 11.1. The highest BCUT2D eigenvalue weighted by molar-refractivity contribution is 7.07. The van der Waals surface area contributed by atoms with Crippen molar-refractivity contribution in [1.82, 2.24) is 0 Å². The van der Waals surface area contributed by atoms with E-state index in [1.807, 2.05) is 18.2 Å². The zero-order chi connectivity index (χ0) is 14.4. The molecule has 0 fully saturated rings. The number of hydrogen-bond acceptors (Lipinski definition) is 4. The zero-order valence-corrected chi connectivity index (χ0v) is 12.1. The first kappa shape index (κ1) is 14.6. The van der Waals surface area contributed by atoms with E-state index in [1.165, 1.54) is 5.56 Å². The number of benzene rings is 1. The molecular weight excluding hydrogens is 272 g/mol. The lowest BCUT2D eigenvalue weighted by Gasteiger charge is -2.15. The van der Waals surface area contributed by atoms with Crippen molar-refractivity contribution in [2.45, 2.75) is 19.4 Å². The lowest BCUT2D eigenvalue weighted by Crippen LogP contribution is -2.18. The number of anilines is 2. The number of carbonyl (C=O) groups is 1. The molecule has 0 saturated heterocycles. The lowest BCUT2D eigenvalue weighted by atomic mass is 10.1. The Labute approximate surface area is 122 Å². The van der Waals surface area contributed by atoms with E-state index in [2.05, 4.69) is 34.4 Å². The SMILES string of the molecule is CC(Cc1ccsc1)Nc1cccc(NC(=O)CO)c1. The minimum absolute atomic E-state index is 0.299. The molecule has 1 aromatic heterocycles. The van der Waals surface area contributed by atoms with Crippen molar-refractivity contribution in [3.63, 3.8) is 0 Å². The van der Waals surface area contributed by atoms with Crippen LogP contribution in [0.15, 0.2) is 41.1 Å². The van der Waals surface area contributed by atoms with Gasteiger partial charge in [0.1, 0.15) is 6.61 Å². The van der Waals surface area contributed by atoms with Crippen LogP contribution in [0.5, 0.6) is 0 Å². The maximum Gasteiger partial charge on any atom is 0.250 e. The average Bonchev–Trinajstić information content (AvgIpc) is 2.91. The van der Waals surface area contributed by atoms with Gasteiger partial charge < -0.3 is 15.7 Å². The minimum Gasteiger partial charge on any atom is -0.387 e. The largest absolute Gasteiger partial charge is 0.387 e. The molecule has 4 nitrogen and oxygen atoms in total. The third kappa shape index (κ3) is 4.36. The van der Waals surface area contributed by atoms with E-state index < -0.39 is 12.5 Å². The van der Waals surface area contributed by atoms with E-state index in [0.717, 1.165) is 12.1 Å². The van der Waals surface area contributed by atoms with Crippen LogP contribution >= 0.6 is 11.3 Å². The molecule has 0 aliphatic heterocycles. The van der Waals surface area contributed by atoms with Gasteiger partial charge in [0.25, 0.3) is 0 Å². The fourth-order valence-corrected chi connectivity index (χ4v) is 2.67. The van der Waals surface area contributed by atoms with Gasteiger partial charge in [-0.15, -0.1) is 0 Å². The van der Waals surface area contributed by atoms with E-state index >= 15 is 0 Å². The summed E-state index contributed by atoms with van der Waals surface area (Å²) in [5, 5.41) is 19.0. The fraction of sp³-hybridized carbons (Fsp3) is 0.267. The Kier molecular flexibility index (Phi) is 5.15. The summed E-state index contributed by atoms with van der Waals surface area (Å²) in [6, 6.07) is 9.90. The molecule has 1 heterocycles. The third-order valence-electron chi connectivity index (χ3n) is 2.82. The van der Waals surface area contributed by atoms with Gasteiger partial charge in [-0.3, -0.25) is 4.79 Å². The normalized spacial score (nSPS) is 11.9. The summed E-state index contributed by atoms with van der Waals surface area (Å²) in [6.07, 6.45) is 0.955. The average molecular weight is 290 g/mol. The number of aliphatic hydroxyl groups excluding tert-OH is 1. The van der Waals surface area contributed by atoms with Crippen LogP contribution in [0.4, 0.5) is 11.4 Å². The van der Waals surface area contributed by atoms with Crippen molar-refractivity contribution in [2.75, 3.05) is 17.2 Å². The molecule has 2 rings (SSSR count). The van der Waals surface area contributed by atoms with E-state index in [4.69, 9.17) is 5.11 Å². The van der Waals surface area contributed by atoms with Gasteiger partial charge in [-0.1, -0.05) is 6.07 Å². The van der Waals surface area contributed by atoms with E-state index in [0.29, 0.717) is 11.7 Å². The number of nitrogens with one attached hydrogen (secondary N) is 2. The molecule has 0 radical (unpaired) electrons. The minimum atomic E-state index is -0.508. The highest BCUT2D eigenvalue weighted by Crippen LogP contribution is 2.17. The van der Waals surface area contributed by atoms with Crippen molar-refractivity contribution in [3.05, 3.63) is 46.7 Å². The number of rotatable bonds is 6. The van der Waals surface area contributed by atoms with Gasteiger partial charge >= 0.3 is 0 Å². The van der Waals surface area contributed by atoms with E-state index in [1.54, 1.807) is 17.4 Å². The maximum absolute atomic E-state index is 11.1. The second kappa shape index (κ2) is 7.07. The summed E-state index contributed by atoms with van der Waals surface area (Å²) >= 11 is 1.70. The number of thiophene rings is 1. The van der Waals surface area contributed by atoms with Crippen LogP contribution in [0, 0.1) is 0 Å². The molecule has 0 saturated carbocycles. The van der Waals surface area contributed by atoms with E-state index in [9.17, 15) is 4.79 Å². The first-order chi connectivity index (χ1) is 9.67. The van der Waals surface area contributed by atoms with Crippen molar-refractivity contribution < 1.29 is 9.90 Å². The highest BCUT2D eigenvalue weighted by atomic mass is 32.1. The van der Waals surface area contributed by atoms with Crippen LogP contribution < -0.4 is 10.6 Å². The first-order valence-electron chi connectivity index (χ1n) is 6.46. The quantitative estimate of drug-likeness (QED) is 0.766. The van der Waals surface area contributed by atoms with Crippen LogP contribution in [0.25, 0.3) is 0 Å². The fourth-order valence-electron chi connectivity index (χ4n) is 1.99. The van der Waals surface area contributed by atoms with Crippen LogP contribution in [-0.2, 0) is 11.2 Å². The molecule has 0 bridgehead atoms. The van der Waals surface area contributed by atoms with Crippen LogP contribution in [0.1, 0.15) is 12.5 Å². The molecule has 20 heavy (non-hydrogen) atoms. The zero-order valence-electron chi connectivity index (χ0n) is 11.3. The van der Waals surface area contributed by atoms with Crippen molar-refractivity contribution >= 4 is 28.6 Å². The standard InChI is InChI=1S/C15H18N2O2S/c1-11(7-12-5-6-20-10-12)16-13-3-2-4-14(8-13)17-15(19)9-18/h2-6,8,10-11,16,18H,7,9H2,1H3,(H,17,19). The summed E-state index contributed by atoms with van der Waals surface area (Å²) < 4.78 is 0. The Hall–Kier alpha value is -1.85. The Morgan fingerprint density at radius 2 is 2.15 bits per heavy atom. The lowest BCUT2D eigenvalue weighted by molar-refractivity contribution is -0.118. The molecule has 1 amide bonds. The molecular formula is C15H18N2O2S. The van der Waals surface area contributed by atoms with Crippen molar-refractivity contribution in [3.8, 4) is 0 Å². The predicted molar refractivity (Wildman–Crippen MR) is 83.3 cm³/mol. The summed E-state index contributed by atoms with van der Waals surface area (Å²) in [5.41, 5.74) is 2.94. The van der Waals surface area contributed by atoms with Crippen molar-refractivity contribution in [1.29, 1.82) is 0 Å². The Bertz CT molecular complexity index is 555. The summed E-state index contributed by atoms with van der Waals surface area (Å²) in [6.45, 7) is 1.61. The molecule has 5 heteroatoms. The molecule has 3 N–H and O–H groups in total. The first-order valence-corrected chi connectivity index (χ1v) is 7.40. The van der Waals surface area contributed by atoms with Crippen LogP contribution in [0.2, 0.25) is 0 Å². The van der Waals surface area contributed by atoms with Crippen LogP contribution in [0.3, 0.4) is 0 Å². The molecule has 2 aromatic rings. The second-order valence-electron chi connectivity index (χ2n) is 4.67. The Morgan fingerprint density at radius 1 is 1.35 bits per heavy atom.